The lowest BCUT2D eigenvalue weighted by molar-refractivity contribution is -0.817. The van der Waals surface area contributed by atoms with E-state index in [0.717, 1.165) is 0 Å². The summed E-state index contributed by atoms with van der Waals surface area (Å²) in [7, 11) is 3.29. The van der Waals surface area contributed by atoms with Crippen LogP contribution in [0.15, 0.2) is 0 Å². The number of aliphatic hydroxyl groups excluding tert-OH is 2. The monoisotopic (exact) mass is 177 g/mol. The minimum atomic E-state index is -0.865. The van der Waals surface area contributed by atoms with Gasteiger partial charge in [-0.3, -0.25) is 4.48 Å². The van der Waals surface area contributed by atoms with Gasteiger partial charge in [-0.15, -0.1) is 0 Å². The van der Waals surface area contributed by atoms with Crippen LogP contribution in [0.4, 0.5) is 0 Å². The van der Waals surface area contributed by atoms with Crippen molar-refractivity contribution in [3.63, 3.8) is 0 Å². The Labute approximate surface area is 72.0 Å². The van der Waals surface area contributed by atoms with Crippen LogP contribution in [-0.2, 0) is 4.79 Å². The van der Waals surface area contributed by atoms with Crippen molar-refractivity contribution in [2.45, 2.75) is 6.10 Å². The fraction of sp³-hybridized carbons (Fsp3) is 0.857. The highest BCUT2D eigenvalue weighted by Gasteiger charge is 2.27. The number of nitrogens with two attached hydrogens (primary N) is 1. The molecule has 0 heterocycles. The van der Waals surface area contributed by atoms with Crippen LogP contribution in [0.2, 0.25) is 0 Å². The van der Waals surface area contributed by atoms with Gasteiger partial charge >= 0.3 is 5.91 Å². The van der Waals surface area contributed by atoms with Crippen LogP contribution in [-0.4, -0.2) is 60.5 Å². The molecule has 0 spiro atoms. The molecule has 0 fully saturated rings. The summed E-state index contributed by atoms with van der Waals surface area (Å²) < 4.78 is -0.00176. The molecule has 0 aliphatic rings. The summed E-state index contributed by atoms with van der Waals surface area (Å²) >= 11 is 0. The van der Waals surface area contributed by atoms with E-state index in [2.05, 4.69) is 0 Å². The normalized spacial score (nSPS) is 14.4. The standard InChI is InChI=1S/C7H17N2O3/c1-9(2,7(12)3-8)4-6(11)5-10/h6,10-11H,3-5,8H2,1-2H3/q+1. The molecule has 0 bridgehead atoms. The molecule has 0 aliphatic carbocycles. The molecular weight excluding hydrogens is 160 g/mol. The maximum Gasteiger partial charge on any atom is 0.327 e. The predicted molar refractivity (Wildman–Crippen MR) is 44.1 cm³/mol. The average Bonchev–Trinajstić information content (AvgIpc) is 2.02. The second kappa shape index (κ2) is 4.51. The fourth-order valence-electron chi connectivity index (χ4n) is 0.934. The fourth-order valence-corrected chi connectivity index (χ4v) is 0.934. The van der Waals surface area contributed by atoms with Crippen LogP contribution in [0.1, 0.15) is 0 Å². The van der Waals surface area contributed by atoms with E-state index in [4.69, 9.17) is 15.9 Å². The molecule has 0 saturated heterocycles. The van der Waals surface area contributed by atoms with E-state index in [9.17, 15) is 4.79 Å². The van der Waals surface area contributed by atoms with Crippen LogP contribution in [0.3, 0.4) is 0 Å². The van der Waals surface area contributed by atoms with Gasteiger partial charge in [-0.2, -0.15) is 0 Å². The molecule has 0 aliphatic heterocycles. The Morgan fingerprint density at radius 1 is 1.58 bits per heavy atom. The van der Waals surface area contributed by atoms with Gasteiger partial charge in [0, 0.05) is 0 Å². The van der Waals surface area contributed by atoms with E-state index in [0.29, 0.717) is 0 Å². The van der Waals surface area contributed by atoms with Gasteiger partial charge in [0.2, 0.25) is 0 Å². The van der Waals surface area contributed by atoms with Crippen molar-refractivity contribution in [2.24, 2.45) is 5.73 Å². The molecule has 12 heavy (non-hydrogen) atoms. The number of carbonyl (C=O) groups is 1. The van der Waals surface area contributed by atoms with Crippen molar-refractivity contribution in [1.82, 2.24) is 0 Å². The zero-order chi connectivity index (χ0) is 9.78. The van der Waals surface area contributed by atoms with Gasteiger partial charge < -0.3 is 15.9 Å². The highest BCUT2D eigenvalue weighted by molar-refractivity contribution is 5.70. The molecule has 5 nitrogen and oxygen atoms in total. The van der Waals surface area contributed by atoms with Crippen LogP contribution in [0.25, 0.3) is 0 Å². The number of hydrogen-bond donors (Lipinski definition) is 3. The second-order valence-electron chi connectivity index (χ2n) is 3.30. The predicted octanol–water partition coefficient (Wildman–Crippen LogP) is -2.10. The van der Waals surface area contributed by atoms with Crippen LogP contribution < -0.4 is 5.73 Å². The second-order valence-corrected chi connectivity index (χ2v) is 3.30. The third-order valence-electron chi connectivity index (χ3n) is 1.73. The lowest BCUT2D eigenvalue weighted by Gasteiger charge is -2.27. The maximum absolute atomic E-state index is 11.1. The van der Waals surface area contributed by atoms with Crippen molar-refractivity contribution in [3.05, 3.63) is 0 Å². The molecule has 0 aromatic heterocycles. The first-order chi connectivity index (χ1) is 5.44. The minimum Gasteiger partial charge on any atom is -0.393 e. The molecule has 72 valence electrons. The first-order valence-electron chi connectivity index (χ1n) is 3.79. The van der Waals surface area contributed by atoms with Gasteiger partial charge in [0.15, 0.2) is 0 Å². The largest absolute Gasteiger partial charge is 0.393 e. The van der Waals surface area contributed by atoms with Gasteiger partial charge in [0.1, 0.15) is 19.2 Å². The molecule has 0 radical (unpaired) electrons. The van der Waals surface area contributed by atoms with Gasteiger partial charge in [-0.1, -0.05) is 0 Å². The minimum absolute atomic E-state index is 0.00176. The summed E-state index contributed by atoms with van der Waals surface area (Å²) in [5.74, 6) is -0.164. The highest BCUT2D eigenvalue weighted by Crippen LogP contribution is 1.99. The Morgan fingerprint density at radius 2 is 2.08 bits per heavy atom. The number of carbonyl (C=O) groups excluding carboxylic acids is 1. The Bertz CT molecular complexity index is 159. The third-order valence-corrected chi connectivity index (χ3v) is 1.73. The molecule has 4 N–H and O–H groups in total. The number of rotatable bonds is 4. The van der Waals surface area contributed by atoms with Crippen molar-refractivity contribution >= 4 is 5.91 Å². The van der Waals surface area contributed by atoms with Crippen LogP contribution in [0.5, 0.6) is 0 Å². The van der Waals surface area contributed by atoms with Crippen molar-refractivity contribution in [2.75, 3.05) is 33.8 Å². The van der Waals surface area contributed by atoms with Gasteiger partial charge in [0.05, 0.1) is 20.7 Å². The number of likely N-dealkylation sites (N-methyl/N-ethyl adjacent to an activating group) is 1. The van der Waals surface area contributed by atoms with E-state index >= 15 is 0 Å². The molecule has 1 atom stereocenters. The first-order valence-corrected chi connectivity index (χ1v) is 3.79. The van der Waals surface area contributed by atoms with E-state index in [1.54, 1.807) is 14.1 Å². The Hall–Kier alpha value is -0.490. The lowest BCUT2D eigenvalue weighted by Crippen LogP contribution is -2.53. The molecule has 0 rings (SSSR count). The summed E-state index contributed by atoms with van der Waals surface area (Å²) in [6, 6.07) is 0. The van der Waals surface area contributed by atoms with Gasteiger partial charge in [-0.05, 0) is 0 Å². The molecule has 0 aromatic rings. The average molecular weight is 177 g/mol. The number of amides is 1. The summed E-state index contributed by atoms with van der Waals surface area (Å²) in [4.78, 5) is 11.1. The zero-order valence-electron chi connectivity index (χ0n) is 7.53. The topological polar surface area (TPSA) is 83.5 Å². The zero-order valence-corrected chi connectivity index (χ0v) is 7.53. The van der Waals surface area contributed by atoms with E-state index < -0.39 is 6.10 Å². The van der Waals surface area contributed by atoms with Gasteiger partial charge in [-0.25, -0.2) is 4.79 Å². The summed E-state index contributed by atoms with van der Waals surface area (Å²) in [6.07, 6.45) is -0.865. The van der Waals surface area contributed by atoms with Crippen molar-refractivity contribution < 1.29 is 19.5 Å². The molecule has 5 heteroatoms. The quantitative estimate of drug-likeness (QED) is 0.430. The molecular formula is C7H17N2O3+. The number of nitrogens with zero attached hydrogens (tertiary/aromatic N) is 1. The summed E-state index contributed by atoms with van der Waals surface area (Å²) in [5.41, 5.74) is 5.17. The third kappa shape index (κ3) is 3.27. The number of quaternary nitrogens is 1. The van der Waals surface area contributed by atoms with Gasteiger partial charge in [0.25, 0.3) is 0 Å². The summed E-state index contributed by atoms with van der Waals surface area (Å²) in [5, 5.41) is 17.6. The van der Waals surface area contributed by atoms with E-state index in [1.165, 1.54) is 0 Å². The van der Waals surface area contributed by atoms with E-state index in [-0.39, 0.29) is 30.1 Å². The van der Waals surface area contributed by atoms with Crippen LogP contribution in [0, 0.1) is 0 Å². The Kier molecular flexibility index (Phi) is 4.33. The first kappa shape index (κ1) is 11.5. The van der Waals surface area contributed by atoms with E-state index in [1.807, 2.05) is 0 Å². The Balaban J connectivity index is 4.11. The van der Waals surface area contributed by atoms with Crippen LogP contribution >= 0.6 is 0 Å². The molecule has 1 unspecified atom stereocenters. The smallest absolute Gasteiger partial charge is 0.327 e. The maximum atomic E-state index is 11.1. The molecule has 1 amide bonds. The Morgan fingerprint density at radius 3 is 2.42 bits per heavy atom. The molecule has 0 aromatic carbocycles. The lowest BCUT2D eigenvalue weighted by atomic mass is 10.3. The summed E-state index contributed by atoms with van der Waals surface area (Å²) in [6.45, 7) is -0.197. The van der Waals surface area contributed by atoms with Crippen molar-refractivity contribution in [3.8, 4) is 0 Å². The van der Waals surface area contributed by atoms with Crippen molar-refractivity contribution in [1.29, 1.82) is 0 Å². The number of aliphatic hydroxyl groups is 2. The number of hydrogen-bond acceptors (Lipinski definition) is 4. The highest BCUT2D eigenvalue weighted by atomic mass is 16.3. The molecule has 0 saturated carbocycles. The SMILES string of the molecule is C[N+](C)(CC(O)CO)C(=O)CN.